The normalized spacial score (nSPS) is 20.7. The number of likely N-dealkylation sites (N-methyl/N-ethyl adjacent to an activating group) is 2. The van der Waals surface area contributed by atoms with E-state index in [2.05, 4.69) is 5.43 Å². The van der Waals surface area contributed by atoms with Gasteiger partial charge in [-0.25, -0.2) is 4.58 Å². The van der Waals surface area contributed by atoms with Crippen LogP contribution in [-0.2, 0) is 4.79 Å². The molecular weight excluding hydrogens is 224 g/mol. The fraction of sp³-hybridized carbons (Fsp3) is 0.500. The SMILES string of the molecule is CC1C(NN)=C(C(=S)N(C)C)C(=O)C=[N+]1C. The van der Waals surface area contributed by atoms with Crippen LogP contribution < -0.4 is 11.3 Å². The molecule has 0 aliphatic carbocycles. The predicted octanol–water partition coefficient (Wildman–Crippen LogP) is -0.723. The molecule has 1 rings (SSSR count). The zero-order valence-corrected chi connectivity index (χ0v) is 10.8. The maximum atomic E-state index is 11.9. The Hall–Kier alpha value is -1.27. The van der Waals surface area contributed by atoms with Gasteiger partial charge >= 0.3 is 0 Å². The van der Waals surface area contributed by atoms with Crippen LogP contribution in [0, 0.1) is 0 Å². The quantitative estimate of drug-likeness (QED) is 0.289. The highest BCUT2D eigenvalue weighted by Gasteiger charge is 2.33. The number of nitrogens with zero attached hydrogens (tertiary/aromatic N) is 2. The van der Waals surface area contributed by atoms with Crippen molar-refractivity contribution in [2.45, 2.75) is 13.0 Å². The van der Waals surface area contributed by atoms with Gasteiger partial charge in [-0.3, -0.25) is 10.6 Å². The monoisotopic (exact) mass is 241 g/mol. The van der Waals surface area contributed by atoms with Crippen LogP contribution in [0.25, 0.3) is 0 Å². The molecule has 1 aliphatic heterocycles. The highest BCUT2D eigenvalue weighted by atomic mass is 32.1. The van der Waals surface area contributed by atoms with Gasteiger partial charge in [0.15, 0.2) is 6.04 Å². The maximum absolute atomic E-state index is 11.9. The Morgan fingerprint density at radius 1 is 1.62 bits per heavy atom. The molecule has 0 saturated carbocycles. The standard InChI is InChI=1S/C10H16N4OS/c1-6-9(12-11)8(10(16)13(2)3)7(15)5-14(6)4/h5-6,11,15H,1-4H3/p+1. The summed E-state index contributed by atoms with van der Waals surface area (Å²) in [5.41, 5.74) is 3.72. The first-order valence-corrected chi connectivity index (χ1v) is 5.34. The molecule has 0 saturated heterocycles. The zero-order chi connectivity index (χ0) is 12.5. The van der Waals surface area contributed by atoms with Crippen LogP contribution in [0.2, 0.25) is 0 Å². The number of hydrogen-bond donors (Lipinski definition) is 2. The van der Waals surface area contributed by atoms with E-state index in [1.165, 1.54) is 6.21 Å². The molecule has 0 radical (unpaired) electrons. The second-order valence-electron chi connectivity index (χ2n) is 3.97. The summed E-state index contributed by atoms with van der Waals surface area (Å²) in [5.74, 6) is 5.35. The zero-order valence-electron chi connectivity index (χ0n) is 9.94. The van der Waals surface area contributed by atoms with Crippen molar-refractivity contribution >= 4 is 29.2 Å². The Labute approximate surface area is 101 Å². The van der Waals surface area contributed by atoms with Crippen LogP contribution in [0.15, 0.2) is 11.3 Å². The lowest BCUT2D eigenvalue weighted by Crippen LogP contribution is -2.44. The summed E-state index contributed by atoms with van der Waals surface area (Å²) in [7, 11) is 5.44. The molecular formula is C10H17N4OS+. The minimum Gasteiger partial charge on any atom is -0.368 e. The lowest BCUT2D eigenvalue weighted by Gasteiger charge is -2.23. The van der Waals surface area contributed by atoms with Crippen molar-refractivity contribution < 1.29 is 9.37 Å². The molecule has 1 atom stereocenters. The molecule has 5 nitrogen and oxygen atoms in total. The minimum atomic E-state index is -0.118. The van der Waals surface area contributed by atoms with E-state index in [0.29, 0.717) is 16.3 Å². The van der Waals surface area contributed by atoms with Crippen LogP contribution >= 0.6 is 12.2 Å². The van der Waals surface area contributed by atoms with E-state index in [1.807, 2.05) is 14.0 Å². The molecule has 3 N–H and O–H groups in total. The van der Waals surface area contributed by atoms with Crippen molar-refractivity contribution in [2.24, 2.45) is 5.84 Å². The summed E-state index contributed by atoms with van der Waals surface area (Å²) < 4.78 is 1.80. The molecule has 0 aromatic carbocycles. The maximum Gasteiger partial charge on any atom is 0.253 e. The topological polar surface area (TPSA) is 61.4 Å². The molecule has 1 unspecified atom stereocenters. The lowest BCUT2D eigenvalue weighted by atomic mass is 10.0. The number of rotatable bonds is 2. The average Bonchev–Trinajstić information content (AvgIpc) is 2.21. The van der Waals surface area contributed by atoms with Gasteiger partial charge in [-0.15, -0.1) is 0 Å². The third-order valence-electron chi connectivity index (χ3n) is 2.64. The number of nitrogens with one attached hydrogen (secondary N) is 1. The van der Waals surface area contributed by atoms with Gasteiger partial charge in [0.2, 0.25) is 6.21 Å². The molecule has 6 heteroatoms. The predicted molar refractivity (Wildman–Crippen MR) is 67.4 cm³/mol. The fourth-order valence-corrected chi connectivity index (χ4v) is 1.75. The number of Topliss-reactive ketones (excluding diaryl/α,β-unsaturated/α-hetero) is 1. The fourth-order valence-electron chi connectivity index (χ4n) is 1.54. The molecule has 0 fully saturated rings. The Morgan fingerprint density at radius 2 is 2.19 bits per heavy atom. The summed E-state index contributed by atoms with van der Waals surface area (Å²) in [6.45, 7) is 1.95. The van der Waals surface area contributed by atoms with E-state index in [4.69, 9.17) is 18.1 Å². The smallest absolute Gasteiger partial charge is 0.253 e. The first kappa shape index (κ1) is 12.8. The largest absolute Gasteiger partial charge is 0.368 e. The molecule has 16 heavy (non-hydrogen) atoms. The second-order valence-corrected chi connectivity index (χ2v) is 4.35. The number of nitrogens with two attached hydrogens (primary N) is 1. The Morgan fingerprint density at radius 3 is 2.62 bits per heavy atom. The molecule has 0 amide bonds. The number of ketones is 1. The van der Waals surface area contributed by atoms with Crippen LogP contribution in [0.4, 0.5) is 0 Å². The number of carbonyl (C=O) groups is 1. The molecule has 88 valence electrons. The van der Waals surface area contributed by atoms with Gasteiger partial charge in [-0.2, -0.15) is 0 Å². The van der Waals surface area contributed by atoms with Crippen molar-refractivity contribution in [3.8, 4) is 0 Å². The van der Waals surface area contributed by atoms with E-state index >= 15 is 0 Å². The average molecular weight is 241 g/mol. The number of carbonyl (C=O) groups excluding carboxylic acids is 1. The van der Waals surface area contributed by atoms with Crippen LogP contribution in [0.1, 0.15) is 6.92 Å². The highest BCUT2D eigenvalue weighted by molar-refractivity contribution is 7.80. The lowest BCUT2D eigenvalue weighted by molar-refractivity contribution is -0.520. The van der Waals surface area contributed by atoms with Crippen molar-refractivity contribution in [3.63, 3.8) is 0 Å². The molecule has 1 aliphatic rings. The van der Waals surface area contributed by atoms with Crippen molar-refractivity contribution in [1.29, 1.82) is 0 Å². The summed E-state index contributed by atoms with van der Waals surface area (Å²) >= 11 is 5.22. The van der Waals surface area contributed by atoms with E-state index in [0.717, 1.165) is 0 Å². The van der Waals surface area contributed by atoms with Crippen molar-refractivity contribution in [1.82, 2.24) is 10.3 Å². The van der Waals surface area contributed by atoms with E-state index in [1.54, 1.807) is 23.6 Å². The van der Waals surface area contributed by atoms with E-state index < -0.39 is 0 Å². The van der Waals surface area contributed by atoms with E-state index in [-0.39, 0.29) is 11.8 Å². The number of hydrazine groups is 1. The molecule has 0 spiro atoms. The Balaban J connectivity index is 3.26. The Kier molecular flexibility index (Phi) is 3.77. The van der Waals surface area contributed by atoms with Crippen LogP contribution in [0.3, 0.4) is 0 Å². The minimum absolute atomic E-state index is 0.00981. The third-order valence-corrected chi connectivity index (χ3v) is 3.21. The van der Waals surface area contributed by atoms with Crippen molar-refractivity contribution in [2.75, 3.05) is 21.1 Å². The second kappa shape index (κ2) is 4.71. The summed E-state index contributed by atoms with van der Waals surface area (Å²) in [6, 6.07) is 0.00981. The highest BCUT2D eigenvalue weighted by Crippen LogP contribution is 2.15. The van der Waals surface area contributed by atoms with Gasteiger partial charge < -0.3 is 10.3 Å². The molecule has 0 aromatic heterocycles. The van der Waals surface area contributed by atoms with Gasteiger partial charge in [-0.1, -0.05) is 12.2 Å². The summed E-state index contributed by atoms with van der Waals surface area (Å²) in [5, 5.41) is 0. The Bertz CT molecular complexity index is 398. The summed E-state index contributed by atoms with van der Waals surface area (Å²) in [6.07, 6.45) is 1.54. The first-order chi connectivity index (χ1) is 7.40. The van der Waals surface area contributed by atoms with E-state index in [9.17, 15) is 4.79 Å². The molecule has 1 heterocycles. The van der Waals surface area contributed by atoms with Gasteiger partial charge in [0.1, 0.15) is 17.7 Å². The van der Waals surface area contributed by atoms with Gasteiger partial charge in [-0.05, 0) is 0 Å². The van der Waals surface area contributed by atoms with Gasteiger partial charge in [0.05, 0.1) is 5.57 Å². The molecule has 0 aromatic rings. The number of hydrogen-bond acceptors (Lipinski definition) is 4. The van der Waals surface area contributed by atoms with Crippen molar-refractivity contribution in [3.05, 3.63) is 11.3 Å². The molecule has 0 bridgehead atoms. The van der Waals surface area contributed by atoms with Crippen LogP contribution in [0.5, 0.6) is 0 Å². The number of thiocarbonyl (C=S) groups is 1. The van der Waals surface area contributed by atoms with Gasteiger partial charge in [0.25, 0.3) is 5.78 Å². The van der Waals surface area contributed by atoms with Crippen LogP contribution in [-0.4, -0.2) is 53.6 Å². The van der Waals surface area contributed by atoms with Gasteiger partial charge in [0, 0.05) is 21.0 Å². The first-order valence-electron chi connectivity index (χ1n) is 4.93. The summed E-state index contributed by atoms with van der Waals surface area (Å²) in [4.78, 5) is 14.1. The third kappa shape index (κ3) is 2.12.